The van der Waals surface area contributed by atoms with E-state index in [9.17, 15) is 4.79 Å². The van der Waals surface area contributed by atoms with Gasteiger partial charge in [-0.25, -0.2) is 4.79 Å². The molecule has 114 valence electrons. The Bertz CT molecular complexity index is 523. The summed E-state index contributed by atoms with van der Waals surface area (Å²) in [5.41, 5.74) is 3.17. The molecule has 1 aliphatic heterocycles. The van der Waals surface area contributed by atoms with Gasteiger partial charge in [0.1, 0.15) is 0 Å². The average Bonchev–Trinajstić information content (AvgIpc) is 2.46. The van der Waals surface area contributed by atoms with E-state index in [-0.39, 0.29) is 6.10 Å². The number of carboxylic acids is 1. The predicted molar refractivity (Wildman–Crippen MR) is 84.7 cm³/mol. The van der Waals surface area contributed by atoms with Crippen molar-refractivity contribution in [3.05, 3.63) is 35.4 Å². The standard InChI is InChI=1S/C17H23NO3/c1-3-21-15-5-4-10-18(12-15)16-8-6-13(2)11-14(16)7-9-17(19)20/h6-9,11,15H,3-5,10,12H2,1-2H3,(H,19,20)/b9-7+. The number of hydrogen-bond acceptors (Lipinski definition) is 3. The van der Waals surface area contributed by atoms with Crippen LogP contribution in [0.1, 0.15) is 30.9 Å². The van der Waals surface area contributed by atoms with Crippen molar-refractivity contribution in [2.24, 2.45) is 0 Å². The predicted octanol–water partition coefficient (Wildman–Crippen LogP) is 3.10. The van der Waals surface area contributed by atoms with Crippen molar-refractivity contribution in [2.45, 2.75) is 32.8 Å². The number of aliphatic carboxylic acids is 1. The van der Waals surface area contributed by atoms with Crippen molar-refractivity contribution < 1.29 is 14.6 Å². The summed E-state index contributed by atoms with van der Waals surface area (Å²) in [5, 5.41) is 8.84. The molecule has 0 bridgehead atoms. The van der Waals surface area contributed by atoms with Crippen molar-refractivity contribution in [2.75, 3.05) is 24.6 Å². The summed E-state index contributed by atoms with van der Waals surface area (Å²) in [4.78, 5) is 13.1. The van der Waals surface area contributed by atoms with Gasteiger partial charge in [0.25, 0.3) is 0 Å². The Labute approximate surface area is 126 Å². The third-order valence-electron chi connectivity index (χ3n) is 3.71. The van der Waals surface area contributed by atoms with Gasteiger partial charge in [-0.1, -0.05) is 11.6 Å². The Balaban J connectivity index is 2.23. The van der Waals surface area contributed by atoms with Gasteiger partial charge in [-0.2, -0.15) is 0 Å². The van der Waals surface area contributed by atoms with Crippen LogP contribution in [0.5, 0.6) is 0 Å². The highest BCUT2D eigenvalue weighted by atomic mass is 16.5. The first kappa shape index (κ1) is 15.6. The van der Waals surface area contributed by atoms with Gasteiger partial charge < -0.3 is 14.7 Å². The highest BCUT2D eigenvalue weighted by Crippen LogP contribution is 2.27. The molecule has 2 rings (SSSR count). The van der Waals surface area contributed by atoms with Crippen LogP contribution in [0.3, 0.4) is 0 Å². The van der Waals surface area contributed by atoms with Crippen molar-refractivity contribution in [1.29, 1.82) is 0 Å². The lowest BCUT2D eigenvalue weighted by Gasteiger charge is -2.35. The summed E-state index contributed by atoms with van der Waals surface area (Å²) < 4.78 is 5.74. The second kappa shape index (κ2) is 7.27. The van der Waals surface area contributed by atoms with Crippen LogP contribution in [0.15, 0.2) is 24.3 Å². The van der Waals surface area contributed by atoms with Crippen LogP contribution in [0.25, 0.3) is 6.08 Å². The summed E-state index contributed by atoms with van der Waals surface area (Å²) in [6.07, 6.45) is 5.33. The molecule has 1 aliphatic rings. The summed E-state index contributed by atoms with van der Waals surface area (Å²) in [7, 11) is 0. The molecule has 0 aliphatic carbocycles. The van der Waals surface area contributed by atoms with E-state index in [1.165, 1.54) is 6.08 Å². The van der Waals surface area contributed by atoms with E-state index in [0.29, 0.717) is 0 Å². The van der Waals surface area contributed by atoms with Crippen molar-refractivity contribution in [3.8, 4) is 0 Å². The zero-order valence-electron chi connectivity index (χ0n) is 12.7. The number of ether oxygens (including phenoxy) is 1. The lowest BCUT2D eigenvalue weighted by molar-refractivity contribution is -0.131. The van der Waals surface area contributed by atoms with Gasteiger partial charge >= 0.3 is 5.97 Å². The van der Waals surface area contributed by atoms with E-state index < -0.39 is 5.97 Å². The fourth-order valence-electron chi connectivity index (χ4n) is 2.79. The molecule has 1 aromatic carbocycles. The number of benzene rings is 1. The Morgan fingerprint density at radius 3 is 3.05 bits per heavy atom. The fourth-order valence-corrected chi connectivity index (χ4v) is 2.79. The number of anilines is 1. The maximum Gasteiger partial charge on any atom is 0.328 e. The Hall–Kier alpha value is -1.81. The van der Waals surface area contributed by atoms with Crippen molar-refractivity contribution >= 4 is 17.7 Å². The van der Waals surface area contributed by atoms with Crippen LogP contribution in [0.4, 0.5) is 5.69 Å². The van der Waals surface area contributed by atoms with E-state index in [1.807, 2.05) is 19.9 Å². The maximum absolute atomic E-state index is 10.8. The summed E-state index contributed by atoms with van der Waals surface area (Å²) in [6.45, 7) is 6.62. The molecule has 0 spiro atoms. The minimum atomic E-state index is -0.923. The van der Waals surface area contributed by atoms with E-state index >= 15 is 0 Å². The molecule has 4 heteroatoms. The summed E-state index contributed by atoms with van der Waals surface area (Å²) >= 11 is 0. The molecule has 1 saturated heterocycles. The van der Waals surface area contributed by atoms with Crippen LogP contribution in [-0.4, -0.2) is 36.9 Å². The largest absolute Gasteiger partial charge is 0.478 e. The number of carbonyl (C=O) groups is 1. The zero-order chi connectivity index (χ0) is 15.2. The smallest absolute Gasteiger partial charge is 0.328 e. The topological polar surface area (TPSA) is 49.8 Å². The summed E-state index contributed by atoms with van der Waals surface area (Å²) in [5.74, 6) is -0.923. The highest BCUT2D eigenvalue weighted by Gasteiger charge is 2.21. The number of aryl methyl sites for hydroxylation is 1. The first-order valence-corrected chi connectivity index (χ1v) is 7.48. The molecule has 4 nitrogen and oxygen atoms in total. The molecule has 1 unspecified atom stereocenters. The third kappa shape index (κ3) is 4.33. The minimum absolute atomic E-state index is 0.265. The van der Waals surface area contributed by atoms with Gasteiger partial charge in [0.2, 0.25) is 0 Å². The van der Waals surface area contributed by atoms with Crippen LogP contribution in [-0.2, 0) is 9.53 Å². The lowest BCUT2D eigenvalue weighted by Crippen LogP contribution is -2.40. The molecule has 0 radical (unpaired) electrons. The zero-order valence-corrected chi connectivity index (χ0v) is 12.7. The van der Waals surface area contributed by atoms with E-state index in [2.05, 4.69) is 17.0 Å². The number of nitrogens with zero attached hydrogens (tertiary/aromatic N) is 1. The summed E-state index contributed by atoms with van der Waals surface area (Å²) in [6, 6.07) is 6.17. The molecule has 21 heavy (non-hydrogen) atoms. The Kier molecular flexibility index (Phi) is 5.39. The van der Waals surface area contributed by atoms with Gasteiger partial charge in [0.05, 0.1) is 6.10 Å². The van der Waals surface area contributed by atoms with Gasteiger partial charge in [0, 0.05) is 31.5 Å². The SMILES string of the molecule is CCOC1CCCN(c2ccc(C)cc2/C=C/C(=O)O)C1. The Morgan fingerprint density at radius 2 is 2.33 bits per heavy atom. The molecular formula is C17H23NO3. The lowest BCUT2D eigenvalue weighted by atomic mass is 10.0. The second-order valence-electron chi connectivity index (χ2n) is 5.40. The molecule has 1 aromatic rings. The van der Waals surface area contributed by atoms with Crippen LogP contribution >= 0.6 is 0 Å². The normalized spacial score (nSPS) is 19.1. The first-order valence-electron chi connectivity index (χ1n) is 7.48. The molecule has 0 saturated carbocycles. The van der Waals surface area contributed by atoms with Gasteiger partial charge in [0.15, 0.2) is 0 Å². The number of piperidine rings is 1. The average molecular weight is 289 g/mol. The molecule has 1 fully saturated rings. The molecule has 1 heterocycles. The monoisotopic (exact) mass is 289 g/mol. The first-order chi connectivity index (χ1) is 10.1. The van der Waals surface area contributed by atoms with E-state index in [0.717, 1.165) is 49.4 Å². The number of hydrogen-bond donors (Lipinski definition) is 1. The van der Waals surface area contributed by atoms with Gasteiger partial charge in [-0.3, -0.25) is 0 Å². The second-order valence-corrected chi connectivity index (χ2v) is 5.40. The minimum Gasteiger partial charge on any atom is -0.478 e. The third-order valence-corrected chi connectivity index (χ3v) is 3.71. The van der Waals surface area contributed by atoms with E-state index in [4.69, 9.17) is 9.84 Å². The van der Waals surface area contributed by atoms with Crippen molar-refractivity contribution in [3.63, 3.8) is 0 Å². The van der Waals surface area contributed by atoms with Gasteiger partial charge in [-0.05, 0) is 50.5 Å². The number of rotatable bonds is 5. The molecule has 0 aromatic heterocycles. The van der Waals surface area contributed by atoms with E-state index in [1.54, 1.807) is 6.08 Å². The maximum atomic E-state index is 10.8. The molecule has 1 N–H and O–H groups in total. The molecular weight excluding hydrogens is 266 g/mol. The number of carboxylic acid groups (broad SMARTS) is 1. The fraction of sp³-hybridized carbons (Fsp3) is 0.471. The quantitative estimate of drug-likeness (QED) is 0.846. The van der Waals surface area contributed by atoms with Gasteiger partial charge in [-0.15, -0.1) is 0 Å². The van der Waals surface area contributed by atoms with Crippen molar-refractivity contribution in [1.82, 2.24) is 0 Å². The van der Waals surface area contributed by atoms with Crippen LogP contribution in [0.2, 0.25) is 0 Å². The Morgan fingerprint density at radius 1 is 1.52 bits per heavy atom. The highest BCUT2D eigenvalue weighted by molar-refractivity contribution is 5.87. The molecule has 0 amide bonds. The van der Waals surface area contributed by atoms with Crippen LogP contribution < -0.4 is 4.90 Å². The molecule has 1 atom stereocenters. The van der Waals surface area contributed by atoms with Crippen LogP contribution in [0, 0.1) is 6.92 Å².